The summed E-state index contributed by atoms with van der Waals surface area (Å²) in [5.74, 6) is 0.979. The number of hydrogen-bond donors (Lipinski definition) is 2. The average Bonchev–Trinajstić information content (AvgIpc) is 2.88. The molecule has 1 atom stereocenters. The lowest BCUT2D eigenvalue weighted by atomic mass is 9.67. The van der Waals surface area contributed by atoms with Crippen molar-refractivity contribution in [2.45, 2.75) is 58.4 Å². The van der Waals surface area contributed by atoms with Gasteiger partial charge >= 0.3 is 0 Å². The summed E-state index contributed by atoms with van der Waals surface area (Å²) in [6, 6.07) is 0.683. The van der Waals surface area contributed by atoms with Gasteiger partial charge < -0.3 is 10.6 Å². The van der Waals surface area contributed by atoms with Crippen molar-refractivity contribution >= 4 is 29.9 Å². The first-order chi connectivity index (χ1) is 9.73. The lowest BCUT2D eigenvalue weighted by Crippen LogP contribution is -2.49. The van der Waals surface area contributed by atoms with Gasteiger partial charge in [-0.3, -0.25) is 9.89 Å². The molecule has 2 N–H and O–H groups in total. The zero-order valence-corrected chi connectivity index (χ0v) is 16.3. The van der Waals surface area contributed by atoms with Gasteiger partial charge in [0.2, 0.25) is 0 Å². The van der Waals surface area contributed by atoms with Gasteiger partial charge in [0.15, 0.2) is 5.96 Å². The van der Waals surface area contributed by atoms with Crippen molar-refractivity contribution < 1.29 is 0 Å². The SMILES string of the molecule is CCN1CCCC1CNC(=NC)NCC1(CC)CCC1.I. The van der Waals surface area contributed by atoms with Crippen LogP contribution in [-0.4, -0.2) is 50.1 Å². The molecule has 1 aliphatic carbocycles. The monoisotopic (exact) mass is 408 g/mol. The van der Waals surface area contributed by atoms with E-state index in [-0.39, 0.29) is 24.0 Å². The fourth-order valence-corrected chi connectivity index (χ4v) is 3.58. The second-order valence-electron chi connectivity index (χ2n) is 6.44. The fraction of sp³-hybridized carbons (Fsp3) is 0.938. The van der Waals surface area contributed by atoms with Crippen LogP contribution in [0.15, 0.2) is 4.99 Å². The number of likely N-dealkylation sites (tertiary alicyclic amines) is 1. The van der Waals surface area contributed by atoms with E-state index in [9.17, 15) is 0 Å². The number of aliphatic imine (C=N–C) groups is 1. The number of nitrogens with one attached hydrogen (secondary N) is 2. The smallest absolute Gasteiger partial charge is 0.191 e. The molecule has 1 aliphatic heterocycles. The second kappa shape index (κ2) is 9.18. The number of rotatable bonds is 6. The number of halogens is 1. The molecule has 0 amide bonds. The van der Waals surface area contributed by atoms with Crippen LogP contribution in [0.25, 0.3) is 0 Å². The molecule has 5 heteroatoms. The third kappa shape index (κ3) is 4.98. The molecular weight excluding hydrogens is 375 g/mol. The molecule has 1 unspecified atom stereocenters. The summed E-state index contributed by atoms with van der Waals surface area (Å²) in [6.45, 7) is 9.09. The first kappa shape index (κ1) is 19.0. The highest BCUT2D eigenvalue weighted by molar-refractivity contribution is 14.0. The van der Waals surface area contributed by atoms with E-state index in [1.165, 1.54) is 45.1 Å². The summed E-state index contributed by atoms with van der Waals surface area (Å²) in [5, 5.41) is 7.06. The lowest BCUT2D eigenvalue weighted by molar-refractivity contribution is 0.131. The molecule has 1 heterocycles. The van der Waals surface area contributed by atoms with E-state index in [4.69, 9.17) is 0 Å². The molecule has 0 radical (unpaired) electrons. The Bertz CT molecular complexity index is 323. The van der Waals surface area contributed by atoms with E-state index in [0.717, 1.165) is 25.6 Å². The van der Waals surface area contributed by atoms with Crippen molar-refractivity contribution in [3.63, 3.8) is 0 Å². The molecule has 2 aliphatic rings. The average molecular weight is 408 g/mol. The first-order valence-electron chi connectivity index (χ1n) is 8.41. The Hall–Kier alpha value is -0.0400. The normalized spacial score (nSPS) is 25.1. The molecule has 1 saturated heterocycles. The highest BCUT2D eigenvalue weighted by atomic mass is 127. The van der Waals surface area contributed by atoms with Gasteiger partial charge in [0.05, 0.1) is 0 Å². The molecule has 0 spiro atoms. The Morgan fingerprint density at radius 2 is 2.00 bits per heavy atom. The van der Waals surface area contributed by atoms with Crippen LogP contribution >= 0.6 is 24.0 Å². The molecular formula is C16H33IN4. The van der Waals surface area contributed by atoms with Crippen LogP contribution in [0, 0.1) is 5.41 Å². The highest BCUT2D eigenvalue weighted by Gasteiger charge is 2.35. The third-order valence-corrected chi connectivity index (χ3v) is 5.43. The van der Waals surface area contributed by atoms with E-state index in [2.05, 4.69) is 34.4 Å². The molecule has 2 rings (SSSR count). The molecule has 0 aromatic rings. The Kier molecular flexibility index (Phi) is 8.31. The van der Waals surface area contributed by atoms with E-state index in [1.54, 1.807) is 0 Å². The minimum Gasteiger partial charge on any atom is -0.356 e. The summed E-state index contributed by atoms with van der Waals surface area (Å²) in [6.07, 6.45) is 8.08. The van der Waals surface area contributed by atoms with Crippen molar-refractivity contribution in [3.05, 3.63) is 0 Å². The van der Waals surface area contributed by atoms with Gasteiger partial charge in [-0.15, -0.1) is 24.0 Å². The summed E-state index contributed by atoms with van der Waals surface area (Å²) in [7, 11) is 1.88. The van der Waals surface area contributed by atoms with Crippen molar-refractivity contribution in [3.8, 4) is 0 Å². The summed E-state index contributed by atoms with van der Waals surface area (Å²) in [4.78, 5) is 6.94. The van der Waals surface area contributed by atoms with Crippen LogP contribution in [0.2, 0.25) is 0 Å². The first-order valence-corrected chi connectivity index (χ1v) is 8.41. The number of nitrogens with zero attached hydrogens (tertiary/aromatic N) is 2. The molecule has 0 aromatic heterocycles. The van der Waals surface area contributed by atoms with Gasteiger partial charge in [-0.1, -0.05) is 20.3 Å². The molecule has 0 aromatic carbocycles. The Balaban J connectivity index is 0.00000220. The Morgan fingerprint density at radius 1 is 1.24 bits per heavy atom. The zero-order valence-electron chi connectivity index (χ0n) is 14.0. The largest absolute Gasteiger partial charge is 0.356 e. The van der Waals surface area contributed by atoms with Crippen LogP contribution in [0.3, 0.4) is 0 Å². The van der Waals surface area contributed by atoms with Crippen LogP contribution < -0.4 is 10.6 Å². The topological polar surface area (TPSA) is 39.7 Å². The standard InChI is InChI=1S/C16H32N4.HI/c1-4-16(9-7-10-16)13-19-15(17-3)18-12-14-8-6-11-20(14)5-2;/h14H,4-13H2,1-3H3,(H2,17,18,19);1H. The van der Waals surface area contributed by atoms with Crippen molar-refractivity contribution in [2.75, 3.05) is 33.2 Å². The maximum atomic E-state index is 4.37. The minimum absolute atomic E-state index is 0. The summed E-state index contributed by atoms with van der Waals surface area (Å²) >= 11 is 0. The van der Waals surface area contributed by atoms with Crippen molar-refractivity contribution in [2.24, 2.45) is 10.4 Å². The molecule has 124 valence electrons. The van der Waals surface area contributed by atoms with Gasteiger partial charge in [-0.2, -0.15) is 0 Å². The minimum atomic E-state index is 0. The number of guanidine groups is 1. The summed E-state index contributed by atoms with van der Waals surface area (Å²) < 4.78 is 0. The van der Waals surface area contributed by atoms with E-state index in [1.807, 2.05) is 7.05 Å². The maximum absolute atomic E-state index is 4.37. The van der Waals surface area contributed by atoms with Gasteiger partial charge in [0, 0.05) is 26.2 Å². The number of hydrogen-bond acceptors (Lipinski definition) is 2. The van der Waals surface area contributed by atoms with E-state index >= 15 is 0 Å². The van der Waals surface area contributed by atoms with Gasteiger partial charge in [0.1, 0.15) is 0 Å². The van der Waals surface area contributed by atoms with Gasteiger partial charge in [-0.25, -0.2) is 0 Å². The molecule has 2 fully saturated rings. The van der Waals surface area contributed by atoms with Gasteiger partial charge in [-0.05, 0) is 50.6 Å². The Morgan fingerprint density at radius 3 is 2.52 bits per heavy atom. The molecule has 21 heavy (non-hydrogen) atoms. The zero-order chi connectivity index (χ0) is 14.4. The van der Waals surface area contributed by atoms with Crippen LogP contribution in [0.5, 0.6) is 0 Å². The lowest BCUT2D eigenvalue weighted by Gasteiger charge is -2.41. The fourth-order valence-electron chi connectivity index (χ4n) is 3.58. The van der Waals surface area contributed by atoms with E-state index < -0.39 is 0 Å². The van der Waals surface area contributed by atoms with Crippen molar-refractivity contribution in [1.82, 2.24) is 15.5 Å². The highest BCUT2D eigenvalue weighted by Crippen LogP contribution is 2.42. The predicted octanol–water partition coefficient (Wildman–Crippen LogP) is 2.83. The predicted molar refractivity (Wildman–Crippen MR) is 102 cm³/mol. The molecule has 1 saturated carbocycles. The van der Waals surface area contributed by atoms with Gasteiger partial charge in [0.25, 0.3) is 0 Å². The number of likely N-dealkylation sites (N-methyl/N-ethyl adjacent to an activating group) is 1. The van der Waals surface area contributed by atoms with Crippen molar-refractivity contribution in [1.29, 1.82) is 0 Å². The summed E-state index contributed by atoms with van der Waals surface area (Å²) in [5.41, 5.74) is 0.542. The second-order valence-corrected chi connectivity index (χ2v) is 6.44. The van der Waals surface area contributed by atoms with Crippen LogP contribution in [0.4, 0.5) is 0 Å². The quantitative estimate of drug-likeness (QED) is 0.404. The molecule has 0 bridgehead atoms. The third-order valence-electron chi connectivity index (χ3n) is 5.43. The maximum Gasteiger partial charge on any atom is 0.191 e. The van der Waals surface area contributed by atoms with Crippen LogP contribution in [-0.2, 0) is 0 Å². The van der Waals surface area contributed by atoms with E-state index in [0.29, 0.717) is 11.5 Å². The van der Waals surface area contributed by atoms with Crippen LogP contribution in [0.1, 0.15) is 52.4 Å². The Labute approximate surface area is 147 Å². The molecule has 4 nitrogen and oxygen atoms in total.